The van der Waals surface area contributed by atoms with Gasteiger partial charge in [0.05, 0.1) is 12.4 Å². The van der Waals surface area contributed by atoms with Gasteiger partial charge in [-0.3, -0.25) is 9.97 Å². The van der Waals surface area contributed by atoms with E-state index < -0.39 is 0 Å². The van der Waals surface area contributed by atoms with Crippen LogP contribution >= 0.6 is 0 Å². The molecular weight excluding hydrogens is 254 g/mol. The molecule has 3 N–H and O–H groups in total. The summed E-state index contributed by atoms with van der Waals surface area (Å²) in [6.07, 6.45) is 9.88. The molecule has 0 fully saturated rings. The van der Waals surface area contributed by atoms with E-state index in [-0.39, 0.29) is 5.96 Å². The molecule has 2 aromatic heterocycles. The Bertz CT molecular complexity index is 605. The third-order valence-corrected chi connectivity index (χ3v) is 2.18. The predicted molar refractivity (Wildman–Crippen MR) is 78.4 cm³/mol. The van der Waals surface area contributed by atoms with Crippen LogP contribution in [0.5, 0.6) is 0 Å². The molecule has 7 nitrogen and oxygen atoms in total. The summed E-state index contributed by atoms with van der Waals surface area (Å²) in [5.74, 6) is 0.0978. The second kappa shape index (κ2) is 7.37. The number of rotatable bonds is 4. The molecule has 0 saturated heterocycles. The Morgan fingerprint density at radius 3 is 2.10 bits per heavy atom. The number of guanidine groups is 1. The molecule has 7 heteroatoms. The van der Waals surface area contributed by atoms with Gasteiger partial charge in [-0.1, -0.05) is 0 Å². The van der Waals surface area contributed by atoms with Gasteiger partial charge in [0.15, 0.2) is 0 Å². The molecule has 0 aliphatic rings. The van der Waals surface area contributed by atoms with E-state index in [2.05, 4.69) is 30.7 Å². The Hall–Kier alpha value is -3.09. The third kappa shape index (κ3) is 4.65. The molecule has 0 radical (unpaired) electrons. The minimum absolute atomic E-state index is 0.0978. The molecule has 20 heavy (non-hydrogen) atoms. The Labute approximate surface area is 116 Å². The largest absolute Gasteiger partial charge is 0.367 e. The standard InChI is InChI=1S/C13H13N7/c14-13(19-17-9-11-1-5-15-6-2-11)20-18-10-12-3-7-16-8-4-12/h1-10H,(H3,14,19,20)/b17-9-,18-10+. The van der Waals surface area contributed by atoms with E-state index in [0.29, 0.717) is 0 Å². The van der Waals surface area contributed by atoms with Gasteiger partial charge in [0.1, 0.15) is 0 Å². The highest BCUT2D eigenvalue weighted by Gasteiger charge is 1.88. The van der Waals surface area contributed by atoms with Crippen LogP contribution in [-0.2, 0) is 0 Å². The van der Waals surface area contributed by atoms with E-state index in [4.69, 9.17) is 5.73 Å². The van der Waals surface area contributed by atoms with Gasteiger partial charge in [-0.15, -0.1) is 5.10 Å². The molecule has 0 amide bonds. The Kier molecular flexibility index (Phi) is 4.92. The van der Waals surface area contributed by atoms with Crippen LogP contribution in [0.15, 0.2) is 64.4 Å². The number of hydrogen-bond donors (Lipinski definition) is 2. The highest BCUT2D eigenvalue weighted by molar-refractivity contribution is 5.84. The van der Waals surface area contributed by atoms with Crippen molar-refractivity contribution in [3.05, 3.63) is 60.2 Å². The molecule has 0 atom stereocenters. The maximum atomic E-state index is 5.59. The maximum Gasteiger partial charge on any atom is 0.234 e. The van der Waals surface area contributed by atoms with Crippen molar-refractivity contribution in [2.45, 2.75) is 0 Å². The average Bonchev–Trinajstić information content (AvgIpc) is 2.49. The van der Waals surface area contributed by atoms with Crippen molar-refractivity contribution in [1.82, 2.24) is 15.4 Å². The summed E-state index contributed by atoms with van der Waals surface area (Å²) < 4.78 is 0. The molecule has 0 bridgehead atoms. The topological polar surface area (TPSA) is 101 Å². The molecule has 2 heterocycles. The van der Waals surface area contributed by atoms with Crippen LogP contribution in [-0.4, -0.2) is 28.4 Å². The maximum absolute atomic E-state index is 5.59. The minimum atomic E-state index is 0.0978. The second-order valence-corrected chi connectivity index (χ2v) is 3.66. The first-order chi connectivity index (χ1) is 9.84. The van der Waals surface area contributed by atoms with Crippen molar-refractivity contribution in [1.29, 1.82) is 0 Å². The molecule has 0 aliphatic heterocycles. The average molecular weight is 267 g/mol. The van der Waals surface area contributed by atoms with Crippen molar-refractivity contribution >= 4 is 18.4 Å². The predicted octanol–water partition coefficient (Wildman–Crippen LogP) is 0.749. The third-order valence-electron chi connectivity index (χ3n) is 2.18. The van der Waals surface area contributed by atoms with Crippen molar-refractivity contribution in [2.24, 2.45) is 21.0 Å². The van der Waals surface area contributed by atoms with Crippen molar-refractivity contribution in [2.75, 3.05) is 0 Å². The highest BCUT2D eigenvalue weighted by atomic mass is 15.4. The van der Waals surface area contributed by atoms with Crippen LogP contribution in [0.1, 0.15) is 11.1 Å². The second-order valence-electron chi connectivity index (χ2n) is 3.66. The SMILES string of the molecule is N/C(=N/N=C/c1ccncc1)N/N=C\c1ccncc1. The smallest absolute Gasteiger partial charge is 0.234 e. The number of pyridine rings is 2. The highest BCUT2D eigenvalue weighted by Crippen LogP contribution is 1.91. The number of nitrogens with zero attached hydrogens (tertiary/aromatic N) is 5. The van der Waals surface area contributed by atoms with Crippen LogP contribution < -0.4 is 11.2 Å². The Morgan fingerprint density at radius 1 is 0.950 bits per heavy atom. The van der Waals surface area contributed by atoms with Gasteiger partial charge in [-0.2, -0.15) is 10.2 Å². The number of aromatic nitrogens is 2. The van der Waals surface area contributed by atoms with Gasteiger partial charge in [-0.25, -0.2) is 5.43 Å². The van der Waals surface area contributed by atoms with E-state index in [1.54, 1.807) is 37.2 Å². The van der Waals surface area contributed by atoms with Crippen LogP contribution in [0, 0.1) is 0 Å². The van der Waals surface area contributed by atoms with Crippen molar-refractivity contribution < 1.29 is 0 Å². The van der Waals surface area contributed by atoms with E-state index >= 15 is 0 Å². The Balaban J connectivity index is 1.86. The fourth-order valence-electron chi connectivity index (χ4n) is 1.25. The van der Waals surface area contributed by atoms with Gasteiger partial charge in [0.25, 0.3) is 0 Å². The van der Waals surface area contributed by atoms with Crippen LogP contribution in [0.2, 0.25) is 0 Å². The normalized spacial score (nSPS) is 12.1. The lowest BCUT2D eigenvalue weighted by atomic mass is 10.3. The van der Waals surface area contributed by atoms with Crippen LogP contribution in [0.3, 0.4) is 0 Å². The molecule has 0 saturated carbocycles. The number of nitrogens with one attached hydrogen (secondary N) is 1. The molecule has 2 rings (SSSR count). The molecule has 0 aromatic carbocycles. The summed E-state index contributed by atoms with van der Waals surface area (Å²) >= 11 is 0. The summed E-state index contributed by atoms with van der Waals surface area (Å²) in [4.78, 5) is 7.80. The van der Waals surface area contributed by atoms with Gasteiger partial charge in [0, 0.05) is 24.8 Å². The fraction of sp³-hybridized carbons (Fsp3) is 0. The number of nitrogens with two attached hydrogens (primary N) is 1. The van der Waals surface area contributed by atoms with E-state index in [9.17, 15) is 0 Å². The summed E-state index contributed by atoms with van der Waals surface area (Å²) in [6.45, 7) is 0. The molecule has 0 spiro atoms. The molecular formula is C13H13N7. The Morgan fingerprint density at radius 2 is 1.50 bits per heavy atom. The first kappa shape index (κ1) is 13.3. The van der Waals surface area contributed by atoms with E-state index in [1.807, 2.05) is 24.3 Å². The zero-order valence-electron chi connectivity index (χ0n) is 10.6. The van der Waals surface area contributed by atoms with Crippen LogP contribution in [0.25, 0.3) is 0 Å². The van der Waals surface area contributed by atoms with E-state index in [0.717, 1.165) is 11.1 Å². The van der Waals surface area contributed by atoms with Gasteiger partial charge < -0.3 is 5.73 Å². The van der Waals surface area contributed by atoms with Gasteiger partial charge in [0.2, 0.25) is 5.96 Å². The zero-order chi connectivity index (χ0) is 14.0. The molecule has 2 aromatic rings. The first-order valence-corrected chi connectivity index (χ1v) is 5.80. The summed E-state index contributed by atoms with van der Waals surface area (Å²) in [6, 6.07) is 7.26. The monoisotopic (exact) mass is 267 g/mol. The minimum Gasteiger partial charge on any atom is -0.367 e. The number of hydrazone groups is 1. The lowest BCUT2D eigenvalue weighted by molar-refractivity contribution is 0.994. The number of hydrogen-bond acceptors (Lipinski definition) is 5. The first-order valence-electron chi connectivity index (χ1n) is 5.80. The van der Waals surface area contributed by atoms with Gasteiger partial charge >= 0.3 is 0 Å². The van der Waals surface area contributed by atoms with Crippen molar-refractivity contribution in [3.8, 4) is 0 Å². The molecule has 100 valence electrons. The quantitative estimate of drug-likeness (QED) is 0.485. The lowest BCUT2D eigenvalue weighted by Gasteiger charge is -1.95. The van der Waals surface area contributed by atoms with Crippen LogP contribution in [0.4, 0.5) is 0 Å². The zero-order valence-corrected chi connectivity index (χ0v) is 10.6. The van der Waals surface area contributed by atoms with Gasteiger partial charge in [-0.05, 0) is 35.4 Å². The molecule has 0 aliphatic carbocycles. The fourth-order valence-corrected chi connectivity index (χ4v) is 1.25. The summed E-state index contributed by atoms with van der Waals surface area (Å²) in [7, 11) is 0. The summed E-state index contributed by atoms with van der Waals surface area (Å²) in [5, 5.41) is 11.5. The van der Waals surface area contributed by atoms with E-state index in [1.165, 1.54) is 0 Å². The molecule has 0 unspecified atom stereocenters. The lowest BCUT2D eigenvalue weighted by Crippen LogP contribution is -2.26. The van der Waals surface area contributed by atoms with Crippen molar-refractivity contribution in [3.63, 3.8) is 0 Å². The summed E-state index contributed by atoms with van der Waals surface area (Å²) in [5.41, 5.74) is 9.95.